The van der Waals surface area contributed by atoms with Crippen LogP contribution in [0.4, 0.5) is 0 Å². The van der Waals surface area contributed by atoms with Crippen LogP contribution in [0.3, 0.4) is 0 Å². The number of nitrogens with one attached hydrogen (secondary N) is 2. The van der Waals surface area contributed by atoms with Crippen molar-refractivity contribution in [2.24, 2.45) is 102 Å². The van der Waals surface area contributed by atoms with Crippen LogP contribution in [0.25, 0.3) is 0 Å². The van der Waals surface area contributed by atoms with Crippen LogP contribution in [0, 0.1) is 91.7 Å². The number of aliphatic hydroxyl groups excluding tert-OH is 5. The fourth-order valence-corrected chi connectivity index (χ4v) is 29.4. The Labute approximate surface area is 503 Å². The first-order valence-electron chi connectivity index (χ1n) is 33.5. The molecule has 13 aliphatic rings. The maximum absolute atomic E-state index is 15.9. The first-order valence-corrected chi connectivity index (χ1v) is 35.8. The fraction of sp³-hybridized carbons (Fsp3) is 0.838. The fourth-order valence-electron chi connectivity index (χ4n) is 25.2. The van der Waals surface area contributed by atoms with Gasteiger partial charge in [-0.2, -0.15) is 0 Å². The number of guanidine groups is 1. The molecule has 20 unspecified atom stereocenters. The molecule has 10 fully saturated rings. The summed E-state index contributed by atoms with van der Waals surface area (Å²) in [5.74, 6) is -1.56. The lowest BCUT2D eigenvalue weighted by Crippen LogP contribution is -2.70. The Morgan fingerprint density at radius 3 is 2.40 bits per heavy atom. The summed E-state index contributed by atoms with van der Waals surface area (Å²) >= 11 is 0. The Morgan fingerprint density at radius 2 is 1.66 bits per heavy atom. The van der Waals surface area contributed by atoms with Crippen LogP contribution in [0.15, 0.2) is 57.7 Å². The molecule has 1 saturated heterocycles. The molecule has 1 aromatic rings. The van der Waals surface area contributed by atoms with Crippen LogP contribution < -0.4 is 16.4 Å². The van der Waals surface area contributed by atoms with E-state index in [4.69, 9.17) is 15.7 Å². The van der Waals surface area contributed by atoms with Gasteiger partial charge in [0.1, 0.15) is 6.23 Å². The van der Waals surface area contributed by atoms with E-state index in [9.17, 15) is 25.5 Å². The van der Waals surface area contributed by atoms with E-state index in [1.807, 2.05) is 36.4 Å². The highest BCUT2D eigenvalue weighted by Gasteiger charge is 2.80. The zero-order valence-electron chi connectivity index (χ0n) is 50.8. The van der Waals surface area contributed by atoms with Gasteiger partial charge in [-0.25, -0.2) is 4.98 Å². The highest BCUT2D eigenvalue weighted by atomic mass is 33.1. The third kappa shape index (κ3) is 8.40. The lowest BCUT2D eigenvalue weighted by Gasteiger charge is -2.66. The van der Waals surface area contributed by atoms with E-state index >= 15 is 9.90 Å². The Morgan fingerprint density at radius 1 is 0.904 bits per heavy atom. The highest BCUT2D eigenvalue weighted by molar-refractivity contribution is 8.77. The second-order valence-corrected chi connectivity index (χ2v) is 34.4. The number of aliphatic hydroxyl groups is 6. The maximum Gasteiger partial charge on any atom is 0.190 e. The largest absolute Gasteiger partial charge is 0.396 e. The summed E-state index contributed by atoms with van der Waals surface area (Å²) in [6, 6.07) is 0.123. The molecule has 4 spiro atoms. The Hall–Kier alpha value is -2.21. The molecular weight excluding hydrogens is 1080 g/mol. The van der Waals surface area contributed by atoms with Crippen molar-refractivity contribution in [3.05, 3.63) is 52.7 Å². The molecule has 0 radical (unpaired) electrons. The van der Waals surface area contributed by atoms with Crippen LogP contribution in [-0.4, -0.2) is 119 Å². The van der Waals surface area contributed by atoms with Gasteiger partial charge in [-0.1, -0.05) is 96.8 Å². The van der Waals surface area contributed by atoms with E-state index in [1.54, 1.807) is 23.6 Å². The van der Waals surface area contributed by atoms with Crippen molar-refractivity contribution in [2.75, 3.05) is 32.5 Å². The number of hydrogen-bond donors (Lipinski definition) is 9. The van der Waals surface area contributed by atoms with Gasteiger partial charge in [0.25, 0.3) is 0 Å². The van der Waals surface area contributed by atoms with E-state index in [2.05, 4.69) is 53.0 Å². The summed E-state index contributed by atoms with van der Waals surface area (Å²) in [6.07, 6.45) is 30.8. The molecule has 458 valence electrons. The van der Waals surface area contributed by atoms with Crippen molar-refractivity contribution in [3.8, 4) is 0 Å². The quantitative estimate of drug-likeness (QED) is 0.0409. The summed E-state index contributed by atoms with van der Waals surface area (Å²) < 4.78 is 1.94. The van der Waals surface area contributed by atoms with Crippen LogP contribution >= 0.6 is 21.6 Å². The summed E-state index contributed by atoms with van der Waals surface area (Å²) in [4.78, 5) is 25.7. The second-order valence-electron chi connectivity index (χ2n) is 31.7. The highest BCUT2D eigenvalue weighted by Crippen LogP contribution is 2.81. The Balaban J connectivity index is 1.02. The lowest BCUT2D eigenvalue weighted by molar-refractivity contribution is -0.198. The van der Waals surface area contributed by atoms with E-state index in [0.29, 0.717) is 30.9 Å². The van der Waals surface area contributed by atoms with Crippen molar-refractivity contribution in [1.82, 2.24) is 20.2 Å². The molecule has 83 heavy (non-hydrogen) atoms. The van der Waals surface area contributed by atoms with Crippen molar-refractivity contribution in [1.29, 1.82) is 0 Å². The monoisotopic (exact) mass is 1180 g/mol. The number of aliphatic imine (C=N–C) groups is 1. The van der Waals surface area contributed by atoms with Crippen molar-refractivity contribution >= 4 is 33.3 Å². The average molecular weight is 1180 g/mol. The molecule has 14 rings (SSSR count). The number of ketones is 1. The lowest BCUT2D eigenvalue weighted by atomic mass is 9.40. The summed E-state index contributed by atoms with van der Waals surface area (Å²) in [5.41, 5.74) is 10.2. The van der Waals surface area contributed by atoms with Crippen molar-refractivity contribution < 1.29 is 35.4 Å². The van der Waals surface area contributed by atoms with Crippen molar-refractivity contribution in [3.63, 3.8) is 0 Å². The zero-order valence-corrected chi connectivity index (χ0v) is 52.4. The van der Waals surface area contributed by atoms with Crippen LogP contribution in [0.1, 0.15) is 194 Å². The van der Waals surface area contributed by atoms with Gasteiger partial charge in [0.15, 0.2) is 11.7 Å². The molecule has 1 aliphatic heterocycles. The van der Waals surface area contributed by atoms with Crippen LogP contribution in [-0.2, 0) is 4.79 Å². The van der Waals surface area contributed by atoms with E-state index in [-0.39, 0.29) is 94.5 Å². The van der Waals surface area contributed by atoms with Gasteiger partial charge in [0.05, 0.1) is 36.8 Å². The number of carbonyl (C=O) groups is 1. The normalized spacial score (nSPS) is 47.1. The van der Waals surface area contributed by atoms with Gasteiger partial charge in [-0.15, -0.1) is 0 Å². The van der Waals surface area contributed by atoms with E-state index < -0.39 is 63.5 Å². The molecule has 0 aromatic carbocycles. The van der Waals surface area contributed by atoms with Crippen molar-refractivity contribution in [2.45, 2.75) is 229 Å². The van der Waals surface area contributed by atoms with Gasteiger partial charge in [0.2, 0.25) is 0 Å². The third-order valence-corrected chi connectivity index (χ3v) is 31.1. The maximum atomic E-state index is 15.9. The molecule has 12 aliphatic carbocycles. The molecule has 10 N–H and O–H groups in total. The second kappa shape index (κ2) is 20.9. The van der Waals surface area contributed by atoms with E-state index in [0.717, 1.165) is 76.4 Å². The summed E-state index contributed by atoms with van der Waals surface area (Å²) in [5, 5.41) is 84.6. The number of fused-ring (bicyclic) bond motifs is 16. The zero-order chi connectivity index (χ0) is 57.9. The third-order valence-electron chi connectivity index (χ3n) is 27.6. The predicted molar refractivity (Wildman–Crippen MR) is 328 cm³/mol. The van der Waals surface area contributed by atoms with Gasteiger partial charge < -0.3 is 51.6 Å². The first kappa shape index (κ1) is 58.5. The molecule has 20 atom stereocenters. The van der Waals surface area contributed by atoms with Crippen LogP contribution in [0.5, 0.6) is 0 Å². The molecule has 15 heteroatoms. The van der Waals surface area contributed by atoms with Gasteiger partial charge >= 0.3 is 0 Å². The molecule has 13 nitrogen and oxygen atoms in total. The summed E-state index contributed by atoms with van der Waals surface area (Å²) in [6.45, 7) is 9.07. The van der Waals surface area contributed by atoms with Gasteiger partial charge in [-0.3, -0.25) is 9.79 Å². The van der Waals surface area contributed by atoms with E-state index in [1.165, 1.54) is 76.2 Å². The van der Waals surface area contributed by atoms with Gasteiger partial charge in [0, 0.05) is 77.0 Å². The molecule has 1 aromatic heterocycles. The number of nitrogens with zero attached hydrogens (tertiary/aromatic N) is 3. The number of hydrogen-bond acceptors (Lipinski definition) is 12. The number of nitrogens with two attached hydrogens (primary N) is 1. The average Bonchev–Trinajstić information content (AvgIpc) is 1.60. The summed E-state index contributed by atoms with van der Waals surface area (Å²) in [7, 11) is 5.96. The minimum absolute atomic E-state index is 0.0920. The molecule has 9 saturated carbocycles. The number of rotatable bonds is 7. The topological polar surface area (TPSA) is 219 Å². The molecule has 2 heterocycles. The number of aromatic nitrogens is 2. The standard InChI is InChI=1S/C68H102N6O7S2/c1-39(76)73-60(69)72-33-41-30-66(37-75)47-29-51(68(66,81)48-28-49(77)56-46(34-70-5)58(79)50(78)32-62(56,4)54(41)48)67(22-12-21-65(67)24-23-63(36-65)16-6-7-17-63)83-82-35-42(74-26-25-71-38-74)31-61(2,3)57-44-15-11-20-64(18-8-9-19-64)55(44)43-14-10-13-40-27-45(47)59(80)53(57)52(40)43/h25-26,28,38-42,45-47,50-51,53-56,58-59,70,75-76,78-81H,6-24,27,29-37H2,1-5H3,(H3,69,72,73). The Bertz CT molecular complexity index is 2810. The number of imidazole rings is 1. The number of allylic oxidation sites excluding steroid dienone is 3. The predicted octanol–water partition coefficient (Wildman–Crippen LogP) is 9.97. The Kier molecular flexibility index (Phi) is 14.8. The molecule has 0 amide bonds. The smallest absolute Gasteiger partial charge is 0.190 e. The molecule has 4 bridgehead atoms. The number of carbonyl (C=O) groups excluding carboxylic acids is 1. The minimum atomic E-state index is -1.69. The first-order chi connectivity index (χ1) is 39.8. The van der Waals surface area contributed by atoms with Gasteiger partial charge in [-0.05, 0) is 211 Å². The SMILES string of the molecule is CNCC1C(O)C(O)CC2(C)C3C(=CC(=O)C12)C1(O)C2CC(C4CC5CCCC6=C5C(C(=C5CCCC7(CCCC7)C65)C(C)(C)CC(n5ccnc5)CSSC25CCCC52CCC5(CCCC5)C2)C4O)C1(CO)CC3CN=C(N)NC(C)O. The minimum Gasteiger partial charge on any atom is -0.396 e. The molecular formula is C68H102N6O7S2. The van der Waals surface area contributed by atoms with Crippen LogP contribution in [0.2, 0.25) is 0 Å².